The predicted octanol–water partition coefficient (Wildman–Crippen LogP) is 2.83. The van der Waals surface area contributed by atoms with Gasteiger partial charge in [0.2, 0.25) is 0 Å². The van der Waals surface area contributed by atoms with Gasteiger partial charge < -0.3 is 14.4 Å². The first-order chi connectivity index (χ1) is 9.39. The second-order valence-electron chi connectivity index (χ2n) is 6.95. The predicted molar refractivity (Wildman–Crippen MR) is 75.6 cm³/mol. The van der Waals surface area contributed by atoms with Crippen molar-refractivity contribution in [3.8, 4) is 0 Å². The molecule has 20 heavy (non-hydrogen) atoms. The Labute approximate surface area is 119 Å². The second-order valence-corrected chi connectivity index (χ2v) is 6.95. The zero-order valence-corrected chi connectivity index (χ0v) is 12.5. The number of aliphatic hydroxyl groups excluding tert-OH is 1. The fraction of sp³-hybridized carbons (Fsp3) is 0.688. The van der Waals surface area contributed by atoms with E-state index in [1.807, 2.05) is 11.8 Å². The van der Waals surface area contributed by atoms with Crippen molar-refractivity contribution in [2.24, 2.45) is 5.41 Å². The molecule has 4 heteroatoms. The van der Waals surface area contributed by atoms with E-state index in [0.29, 0.717) is 5.76 Å². The van der Waals surface area contributed by atoms with E-state index in [4.69, 9.17) is 4.42 Å². The zero-order chi connectivity index (χ0) is 14.5. The molecule has 1 aliphatic carbocycles. The Hall–Kier alpha value is -1.29. The third-order valence-corrected chi connectivity index (χ3v) is 4.58. The monoisotopic (exact) mass is 277 g/mol. The van der Waals surface area contributed by atoms with Gasteiger partial charge in [-0.25, -0.2) is 0 Å². The molecule has 1 saturated heterocycles. The van der Waals surface area contributed by atoms with Crippen LogP contribution in [0.15, 0.2) is 4.42 Å². The molecule has 0 saturated carbocycles. The normalized spacial score (nSPS) is 24.8. The van der Waals surface area contributed by atoms with Crippen molar-refractivity contribution in [1.82, 2.24) is 4.90 Å². The molecule has 1 aromatic heterocycles. The van der Waals surface area contributed by atoms with E-state index in [0.717, 1.165) is 55.7 Å². The van der Waals surface area contributed by atoms with Crippen LogP contribution < -0.4 is 0 Å². The molecule has 1 amide bonds. The maximum Gasteiger partial charge on any atom is 0.289 e. The lowest BCUT2D eigenvalue weighted by Crippen LogP contribution is -2.27. The molecule has 1 aromatic rings. The molecule has 4 nitrogen and oxygen atoms in total. The third-order valence-electron chi connectivity index (χ3n) is 4.58. The number of hydrogen-bond donors (Lipinski definition) is 1. The summed E-state index contributed by atoms with van der Waals surface area (Å²) in [6.07, 6.45) is 3.13. The molecule has 0 aromatic carbocycles. The molecular weight excluding hydrogens is 254 g/mol. The van der Waals surface area contributed by atoms with Gasteiger partial charge in [-0.3, -0.25) is 4.79 Å². The fourth-order valence-corrected chi connectivity index (χ4v) is 3.55. The van der Waals surface area contributed by atoms with Gasteiger partial charge in [0.05, 0.1) is 6.10 Å². The van der Waals surface area contributed by atoms with Crippen molar-refractivity contribution in [1.29, 1.82) is 0 Å². The average molecular weight is 277 g/mol. The first kappa shape index (κ1) is 13.7. The van der Waals surface area contributed by atoms with Gasteiger partial charge in [-0.2, -0.15) is 0 Å². The Kier molecular flexibility index (Phi) is 3.16. The number of hydrogen-bond acceptors (Lipinski definition) is 3. The van der Waals surface area contributed by atoms with Crippen molar-refractivity contribution >= 4 is 5.91 Å². The van der Waals surface area contributed by atoms with Crippen LogP contribution in [0.3, 0.4) is 0 Å². The summed E-state index contributed by atoms with van der Waals surface area (Å²) < 4.78 is 5.87. The van der Waals surface area contributed by atoms with Gasteiger partial charge in [-0.1, -0.05) is 13.8 Å². The Morgan fingerprint density at radius 2 is 2.00 bits per heavy atom. The average Bonchev–Trinajstić information content (AvgIpc) is 2.94. The number of fused-ring (bicyclic) bond motifs is 1. The summed E-state index contributed by atoms with van der Waals surface area (Å²) >= 11 is 0. The molecule has 2 heterocycles. The highest BCUT2D eigenvalue weighted by Crippen LogP contribution is 2.44. The first-order valence-electron chi connectivity index (χ1n) is 7.48. The Bertz CT molecular complexity index is 538. The van der Waals surface area contributed by atoms with Crippen molar-refractivity contribution in [3.05, 3.63) is 22.6 Å². The number of nitrogens with zero attached hydrogens (tertiary/aromatic N) is 1. The van der Waals surface area contributed by atoms with Gasteiger partial charge in [-0.05, 0) is 31.6 Å². The second kappa shape index (κ2) is 4.62. The lowest BCUT2D eigenvalue weighted by molar-refractivity contribution is 0.0748. The van der Waals surface area contributed by atoms with E-state index < -0.39 is 6.10 Å². The quantitative estimate of drug-likeness (QED) is 0.858. The molecule has 0 radical (unpaired) electrons. The molecule has 1 aliphatic heterocycles. The van der Waals surface area contributed by atoms with Crippen LogP contribution in [-0.4, -0.2) is 29.0 Å². The van der Waals surface area contributed by atoms with Crippen molar-refractivity contribution in [2.75, 3.05) is 13.1 Å². The SMILES string of the molecule is Cc1c(C(=O)N2CCCC2)oc2c1[C@H](O)CC(C)(C)C2. The highest BCUT2D eigenvalue weighted by atomic mass is 16.4. The molecule has 0 spiro atoms. The summed E-state index contributed by atoms with van der Waals surface area (Å²) in [7, 11) is 0. The van der Waals surface area contributed by atoms with Crippen LogP contribution in [0.4, 0.5) is 0 Å². The summed E-state index contributed by atoms with van der Waals surface area (Å²) in [6.45, 7) is 7.78. The van der Waals surface area contributed by atoms with Gasteiger partial charge in [0.1, 0.15) is 5.76 Å². The molecule has 0 bridgehead atoms. The van der Waals surface area contributed by atoms with Crippen LogP contribution in [0, 0.1) is 12.3 Å². The number of carbonyl (C=O) groups is 1. The standard InChI is InChI=1S/C16H23NO3/c1-10-13-11(18)8-16(2,3)9-12(13)20-14(10)15(19)17-6-4-5-7-17/h11,18H,4-9H2,1-3H3/t11-/m1/s1. The molecule has 2 aliphatic rings. The number of rotatable bonds is 1. The van der Waals surface area contributed by atoms with E-state index in [1.54, 1.807) is 0 Å². The van der Waals surface area contributed by atoms with Gasteiger partial charge in [0.15, 0.2) is 5.76 Å². The number of carbonyl (C=O) groups excluding carboxylic acids is 1. The Morgan fingerprint density at radius 1 is 1.35 bits per heavy atom. The molecule has 3 rings (SSSR count). The van der Waals surface area contributed by atoms with Crippen LogP contribution in [0.25, 0.3) is 0 Å². The zero-order valence-electron chi connectivity index (χ0n) is 12.5. The third kappa shape index (κ3) is 2.16. The summed E-state index contributed by atoms with van der Waals surface area (Å²) in [5.74, 6) is 1.22. The largest absolute Gasteiger partial charge is 0.455 e. The topological polar surface area (TPSA) is 53.7 Å². The smallest absolute Gasteiger partial charge is 0.289 e. The van der Waals surface area contributed by atoms with Gasteiger partial charge in [0, 0.05) is 30.6 Å². The van der Waals surface area contributed by atoms with Crippen LogP contribution >= 0.6 is 0 Å². The first-order valence-corrected chi connectivity index (χ1v) is 7.48. The van der Waals surface area contributed by atoms with E-state index in [2.05, 4.69) is 13.8 Å². The summed E-state index contributed by atoms with van der Waals surface area (Å²) in [6, 6.07) is 0. The maximum absolute atomic E-state index is 12.5. The fourth-order valence-electron chi connectivity index (χ4n) is 3.55. The summed E-state index contributed by atoms with van der Waals surface area (Å²) in [5.41, 5.74) is 1.71. The number of amides is 1. The minimum atomic E-state index is -0.516. The van der Waals surface area contributed by atoms with E-state index in [9.17, 15) is 9.90 Å². The van der Waals surface area contributed by atoms with Gasteiger partial charge in [0.25, 0.3) is 5.91 Å². The van der Waals surface area contributed by atoms with E-state index >= 15 is 0 Å². The highest BCUT2D eigenvalue weighted by Gasteiger charge is 2.38. The molecule has 0 unspecified atom stereocenters. The molecule has 110 valence electrons. The lowest BCUT2D eigenvalue weighted by Gasteiger charge is -2.31. The van der Waals surface area contributed by atoms with Crippen molar-refractivity contribution in [3.63, 3.8) is 0 Å². The molecule has 1 fully saturated rings. The van der Waals surface area contributed by atoms with Crippen LogP contribution in [-0.2, 0) is 6.42 Å². The molecule has 1 atom stereocenters. The number of furan rings is 1. The van der Waals surface area contributed by atoms with Crippen LogP contribution in [0.2, 0.25) is 0 Å². The Balaban J connectivity index is 1.97. The molecule has 1 N–H and O–H groups in total. The van der Waals surface area contributed by atoms with Crippen molar-refractivity contribution < 1.29 is 14.3 Å². The van der Waals surface area contributed by atoms with Gasteiger partial charge >= 0.3 is 0 Å². The van der Waals surface area contributed by atoms with Crippen molar-refractivity contribution in [2.45, 2.75) is 52.6 Å². The van der Waals surface area contributed by atoms with Crippen LogP contribution in [0.1, 0.15) is 66.7 Å². The molecular formula is C16H23NO3. The number of likely N-dealkylation sites (tertiary alicyclic amines) is 1. The van der Waals surface area contributed by atoms with E-state index in [-0.39, 0.29) is 11.3 Å². The minimum Gasteiger partial charge on any atom is -0.455 e. The van der Waals surface area contributed by atoms with E-state index in [1.165, 1.54) is 0 Å². The Morgan fingerprint density at radius 3 is 2.65 bits per heavy atom. The minimum absolute atomic E-state index is 0.0144. The highest BCUT2D eigenvalue weighted by molar-refractivity contribution is 5.93. The van der Waals surface area contributed by atoms with Gasteiger partial charge in [-0.15, -0.1) is 0 Å². The lowest BCUT2D eigenvalue weighted by atomic mass is 9.75. The number of aliphatic hydroxyl groups is 1. The van der Waals surface area contributed by atoms with Crippen LogP contribution in [0.5, 0.6) is 0 Å². The maximum atomic E-state index is 12.5. The summed E-state index contributed by atoms with van der Waals surface area (Å²) in [4.78, 5) is 14.4. The summed E-state index contributed by atoms with van der Waals surface area (Å²) in [5, 5.41) is 10.4.